The number of benzene rings is 1. The summed E-state index contributed by atoms with van der Waals surface area (Å²) in [4.78, 5) is 35.2. The molecule has 3 aliphatic rings. The van der Waals surface area contributed by atoms with Crippen molar-refractivity contribution >= 4 is 23.0 Å². The van der Waals surface area contributed by atoms with E-state index in [2.05, 4.69) is 49.7 Å². The molecule has 0 aliphatic heterocycles. The highest BCUT2D eigenvalue weighted by Crippen LogP contribution is 2.57. The van der Waals surface area contributed by atoms with Gasteiger partial charge < -0.3 is 34.0 Å². The molecule has 1 aromatic heterocycles. The predicted molar refractivity (Wildman–Crippen MR) is 189 cm³/mol. The molecular formula is C38H56N4O7. The monoisotopic (exact) mass is 680 g/mol. The van der Waals surface area contributed by atoms with Gasteiger partial charge in [0.15, 0.2) is 11.4 Å². The highest BCUT2D eigenvalue weighted by Gasteiger charge is 2.65. The van der Waals surface area contributed by atoms with Gasteiger partial charge in [0.25, 0.3) is 5.88 Å². The van der Waals surface area contributed by atoms with E-state index in [1.165, 1.54) is 0 Å². The largest absolute Gasteiger partial charge is 0.507 e. The Hall–Kier alpha value is -3.41. The number of carbonyl (C=O) groups is 2. The van der Waals surface area contributed by atoms with Crippen LogP contribution in [0.4, 0.5) is 5.69 Å². The zero-order valence-corrected chi connectivity index (χ0v) is 31.1. The van der Waals surface area contributed by atoms with Crippen molar-refractivity contribution < 1.29 is 33.8 Å². The van der Waals surface area contributed by atoms with Gasteiger partial charge in [0, 0.05) is 44.4 Å². The van der Waals surface area contributed by atoms with E-state index in [0.717, 1.165) is 49.0 Å². The molecule has 11 nitrogen and oxygen atoms in total. The minimum atomic E-state index is -2.43. The Balaban J connectivity index is 1.67. The fourth-order valence-electron chi connectivity index (χ4n) is 8.22. The maximum atomic E-state index is 14.7. The number of anilines is 1. The molecule has 49 heavy (non-hydrogen) atoms. The molecule has 0 saturated heterocycles. The fourth-order valence-corrected chi connectivity index (χ4v) is 8.22. The Labute approximate surface area is 291 Å². The number of aliphatic hydroxyl groups is 2. The van der Waals surface area contributed by atoms with E-state index in [1.807, 2.05) is 46.1 Å². The van der Waals surface area contributed by atoms with Gasteiger partial charge in [0.1, 0.15) is 17.1 Å². The van der Waals surface area contributed by atoms with Gasteiger partial charge in [0.05, 0.1) is 24.8 Å². The number of aromatic nitrogens is 1. The first-order chi connectivity index (χ1) is 23.1. The number of fused-ring (bicyclic) bond motifs is 4. The normalized spacial score (nSPS) is 23.4. The number of nitrogens with zero attached hydrogens (tertiary/aromatic N) is 4. The molecule has 0 amide bonds. The molecule has 270 valence electrons. The molecular weight excluding hydrogens is 624 g/mol. The van der Waals surface area contributed by atoms with Crippen molar-refractivity contribution in [2.24, 2.45) is 17.3 Å². The highest BCUT2D eigenvalue weighted by atomic mass is 16.5. The van der Waals surface area contributed by atoms with Crippen LogP contribution in [0.15, 0.2) is 16.2 Å². The van der Waals surface area contributed by atoms with E-state index in [9.17, 15) is 19.8 Å². The standard InChI is InChI=1S/C38H56N4O7/c1-11-13-15-47-26-19-23(20-42(10)21-37(3,4)5)30(40(6)7)24-17-22-18-25-31(41(8)9)33-29(36(39-49-33)48-16-14-12-2)35(45)38(25,46)34(44)27(22)32(43)28(24)26/h19,22,25,31,43,46H,11-18,20-21H2,1-10H3/t22-,25-,31-,38-/m0/s1. The van der Waals surface area contributed by atoms with Gasteiger partial charge in [0.2, 0.25) is 11.6 Å². The van der Waals surface area contributed by atoms with Crippen LogP contribution in [0.3, 0.4) is 0 Å². The molecule has 1 saturated carbocycles. The van der Waals surface area contributed by atoms with Gasteiger partial charge in [-0.3, -0.25) is 14.5 Å². The zero-order chi connectivity index (χ0) is 36.0. The van der Waals surface area contributed by atoms with Crippen LogP contribution in [0, 0.1) is 17.3 Å². The molecule has 1 fully saturated rings. The molecule has 0 spiro atoms. The van der Waals surface area contributed by atoms with Crippen molar-refractivity contribution in [1.82, 2.24) is 15.0 Å². The molecule has 1 heterocycles. The van der Waals surface area contributed by atoms with E-state index in [4.69, 9.17) is 14.0 Å². The quantitative estimate of drug-likeness (QED) is 0.196. The van der Waals surface area contributed by atoms with E-state index in [0.29, 0.717) is 43.3 Å². The lowest BCUT2D eigenvalue weighted by Crippen LogP contribution is -2.63. The molecule has 0 unspecified atom stereocenters. The summed E-state index contributed by atoms with van der Waals surface area (Å²) in [6.45, 7) is 13.1. The molecule has 0 bridgehead atoms. The lowest BCUT2D eigenvalue weighted by atomic mass is 9.57. The van der Waals surface area contributed by atoms with Crippen LogP contribution in [-0.2, 0) is 17.8 Å². The predicted octanol–water partition coefficient (Wildman–Crippen LogP) is 5.84. The Bertz CT molecular complexity index is 1600. The Morgan fingerprint density at radius 2 is 1.65 bits per heavy atom. The fraction of sp³-hybridized carbons (Fsp3) is 0.658. The average Bonchev–Trinajstić information content (AvgIpc) is 3.41. The first kappa shape index (κ1) is 36.9. The first-order valence-electron chi connectivity index (χ1n) is 17.8. The second-order valence-electron chi connectivity index (χ2n) is 15.8. The Kier molecular flexibility index (Phi) is 10.6. The minimum Gasteiger partial charge on any atom is -0.507 e. The summed E-state index contributed by atoms with van der Waals surface area (Å²) in [7, 11) is 9.76. The van der Waals surface area contributed by atoms with Crippen LogP contribution in [0.2, 0.25) is 0 Å². The number of hydrogen-bond donors (Lipinski definition) is 2. The summed E-state index contributed by atoms with van der Waals surface area (Å²) in [5.41, 5.74) is 1.15. The van der Waals surface area contributed by atoms with Crippen molar-refractivity contribution in [3.8, 4) is 11.6 Å². The second-order valence-corrected chi connectivity index (χ2v) is 15.8. The molecule has 2 N–H and O–H groups in total. The number of ether oxygens (including phenoxy) is 2. The van der Waals surface area contributed by atoms with Crippen molar-refractivity contribution in [1.29, 1.82) is 0 Å². The third-order valence-corrected chi connectivity index (χ3v) is 10.1. The Morgan fingerprint density at radius 1 is 1.00 bits per heavy atom. The van der Waals surface area contributed by atoms with Crippen molar-refractivity contribution in [2.45, 2.75) is 91.3 Å². The molecule has 2 aromatic rings. The van der Waals surface area contributed by atoms with Crippen molar-refractivity contribution in [2.75, 3.05) is 59.9 Å². The SMILES string of the molecule is CCCCOc1cc(CN(C)CC(C)(C)C)c(N(C)C)c2c1C(O)=C1C(=O)[C@]3(O)C(=O)c4c(OCCCC)noc4[C@@H](N(C)C)[C@@H]3C[C@@H]1C2. The number of Topliss-reactive ketones (excluding diaryl/α,β-unsaturated/α-hetero) is 2. The zero-order valence-electron chi connectivity index (χ0n) is 31.1. The van der Waals surface area contributed by atoms with Gasteiger partial charge in [-0.25, -0.2) is 0 Å². The molecule has 11 heteroatoms. The average molecular weight is 681 g/mol. The van der Waals surface area contributed by atoms with Gasteiger partial charge in [-0.05, 0) is 80.5 Å². The summed E-state index contributed by atoms with van der Waals surface area (Å²) in [6, 6.07) is 1.36. The van der Waals surface area contributed by atoms with E-state index >= 15 is 0 Å². The van der Waals surface area contributed by atoms with E-state index in [1.54, 1.807) is 0 Å². The van der Waals surface area contributed by atoms with Gasteiger partial charge in [-0.1, -0.05) is 47.5 Å². The van der Waals surface area contributed by atoms with E-state index < -0.39 is 35.0 Å². The summed E-state index contributed by atoms with van der Waals surface area (Å²) in [6.07, 6.45) is 4.09. The maximum absolute atomic E-state index is 14.7. The lowest BCUT2D eigenvalue weighted by molar-refractivity contribution is -0.142. The summed E-state index contributed by atoms with van der Waals surface area (Å²) in [5.74, 6) is -2.29. The summed E-state index contributed by atoms with van der Waals surface area (Å²) < 4.78 is 18.0. The van der Waals surface area contributed by atoms with Crippen LogP contribution < -0.4 is 14.4 Å². The molecule has 5 rings (SSSR count). The maximum Gasteiger partial charge on any atom is 0.265 e. The highest BCUT2D eigenvalue weighted by molar-refractivity contribution is 6.26. The minimum absolute atomic E-state index is 0.000784. The number of carbonyl (C=O) groups excluding carboxylic acids is 2. The third kappa shape index (κ3) is 6.61. The molecule has 4 atom stereocenters. The van der Waals surface area contributed by atoms with Crippen molar-refractivity contribution in [3.63, 3.8) is 0 Å². The molecule has 3 aliphatic carbocycles. The van der Waals surface area contributed by atoms with Gasteiger partial charge in [-0.2, -0.15) is 0 Å². The third-order valence-electron chi connectivity index (χ3n) is 10.1. The van der Waals surface area contributed by atoms with Crippen molar-refractivity contribution in [3.05, 3.63) is 39.7 Å². The number of aliphatic hydroxyl groups excluding tert-OH is 1. The molecule has 0 radical (unpaired) electrons. The van der Waals surface area contributed by atoms with Crippen LogP contribution in [0.5, 0.6) is 11.6 Å². The van der Waals surface area contributed by atoms with Crippen LogP contribution in [0.1, 0.15) is 106 Å². The summed E-state index contributed by atoms with van der Waals surface area (Å²) >= 11 is 0. The number of ketones is 2. The molecule has 1 aromatic carbocycles. The van der Waals surface area contributed by atoms with Gasteiger partial charge >= 0.3 is 0 Å². The van der Waals surface area contributed by atoms with Crippen LogP contribution >= 0.6 is 0 Å². The second kappa shape index (κ2) is 14.1. The first-order valence-corrected chi connectivity index (χ1v) is 17.8. The Morgan fingerprint density at radius 3 is 2.24 bits per heavy atom. The van der Waals surface area contributed by atoms with Gasteiger partial charge in [-0.15, -0.1) is 0 Å². The topological polar surface area (TPSA) is 129 Å². The number of rotatable bonds is 13. The van der Waals surface area contributed by atoms with E-state index in [-0.39, 0.29) is 34.6 Å². The number of unbranched alkanes of at least 4 members (excludes halogenated alkanes) is 2. The summed E-state index contributed by atoms with van der Waals surface area (Å²) in [5, 5.41) is 28.7. The van der Waals surface area contributed by atoms with Crippen LogP contribution in [0.25, 0.3) is 5.76 Å². The van der Waals surface area contributed by atoms with Crippen LogP contribution in [-0.4, -0.2) is 97.3 Å². The lowest BCUT2D eigenvalue weighted by Gasteiger charge is -2.49. The smallest absolute Gasteiger partial charge is 0.265 e. The number of hydrogen-bond acceptors (Lipinski definition) is 11.